The molecule has 0 N–H and O–H groups in total. The van der Waals surface area contributed by atoms with E-state index in [4.69, 9.17) is 4.98 Å². The number of para-hydroxylation sites is 1. The monoisotopic (exact) mass is 458 g/mol. The van der Waals surface area contributed by atoms with Gasteiger partial charge in [-0.25, -0.2) is 0 Å². The number of benzene rings is 1. The quantitative estimate of drug-likeness (QED) is 0.332. The predicted molar refractivity (Wildman–Crippen MR) is 135 cm³/mol. The zero-order valence-electron chi connectivity index (χ0n) is 20.8. The Hall–Kier alpha value is -0.609. The summed E-state index contributed by atoms with van der Waals surface area (Å²) in [5.74, 6) is 1.84. The van der Waals surface area contributed by atoms with E-state index in [2.05, 4.69) is 95.2 Å². The van der Waals surface area contributed by atoms with Gasteiger partial charge < -0.3 is 32.2 Å². The minimum Gasteiger partial charge on any atom is -0.660 e. The van der Waals surface area contributed by atoms with E-state index >= 15 is 0 Å². The second kappa shape index (κ2) is 9.90. The number of nitrogens with zero attached hydrogens (tertiary/aromatic N) is 2. The van der Waals surface area contributed by atoms with Crippen LogP contribution in [0.25, 0.3) is 4.98 Å². The molecule has 2 nitrogen and oxygen atoms in total. The van der Waals surface area contributed by atoms with Crippen LogP contribution in [0.2, 0.25) is 18.6 Å². The zero-order valence-corrected chi connectivity index (χ0v) is 23.4. The van der Waals surface area contributed by atoms with Crippen molar-refractivity contribution in [1.29, 1.82) is 0 Å². The molecule has 4 heteroatoms. The molecule has 4 rings (SSSR count). The first-order chi connectivity index (χ1) is 12.1. The van der Waals surface area contributed by atoms with Crippen LogP contribution < -0.4 is 4.90 Å². The predicted octanol–water partition coefficient (Wildman–Crippen LogP) is 7.45. The molecule has 30 heavy (non-hydrogen) atoms. The van der Waals surface area contributed by atoms with Crippen molar-refractivity contribution in [1.82, 2.24) is 0 Å². The van der Waals surface area contributed by atoms with E-state index in [-0.39, 0.29) is 49.5 Å². The summed E-state index contributed by atoms with van der Waals surface area (Å²) < 4.78 is 0. The van der Waals surface area contributed by atoms with Crippen molar-refractivity contribution in [3.63, 3.8) is 0 Å². The van der Waals surface area contributed by atoms with Crippen molar-refractivity contribution in [2.75, 3.05) is 11.9 Å². The minimum atomic E-state index is -1.81. The number of likely N-dealkylation sites (N-methyl/N-ethyl adjacent to an activating group) is 1. The molecule has 1 fully saturated rings. The third-order valence-corrected chi connectivity index (χ3v) is 10.2. The van der Waals surface area contributed by atoms with Gasteiger partial charge in [0.2, 0.25) is 0 Å². The Morgan fingerprint density at radius 3 is 2.20 bits per heavy atom. The summed E-state index contributed by atoms with van der Waals surface area (Å²) in [5.41, 5.74) is 5.10. The van der Waals surface area contributed by atoms with Gasteiger partial charge in [0.25, 0.3) is 0 Å². The number of fused-ring (bicyclic) bond motifs is 5. The van der Waals surface area contributed by atoms with Crippen LogP contribution in [0.4, 0.5) is 5.69 Å². The van der Waals surface area contributed by atoms with Crippen LogP contribution in [-0.4, -0.2) is 26.9 Å². The first kappa shape index (κ1) is 29.4. The average Bonchev–Trinajstić information content (AvgIpc) is 2.99. The molecule has 0 radical (unpaired) electrons. The molecule has 1 heterocycles. The molecule has 0 aromatic heterocycles. The average molecular weight is 459 g/mol. The Morgan fingerprint density at radius 2 is 1.60 bits per heavy atom. The van der Waals surface area contributed by atoms with Gasteiger partial charge in [-0.15, -0.1) is 5.54 Å². The van der Waals surface area contributed by atoms with Gasteiger partial charge in [-0.05, 0) is 35.9 Å². The molecular weight excluding hydrogens is 416 g/mol. The Balaban J connectivity index is 0.00000210. The molecular formula is C26H42N2SiTi. The fourth-order valence-corrected chi connectivity index (χ4v) is 10.6. The van der Waals surface area contributed by atoms with Crippen LogP contribution >= 0.6 is 0 Å². The number of hydrogen-bond donors (Lipinski definition) is 0. The second-order valence-corrected chi connectivity index (χ2v) is 14.3. The molecule has 1 aromatic rings. The van der Waals surface area contributed by atoms with Crippen molar-refractivity contribution >= 4 is 13.9 Å². The SMILES string of the molecule is CC1=CC2C(C=C1)C1c3ccccc3N(C)C1C2[Si](C)(C)[N-]C(C)(C)C.[CH3-].[CH3-].[CH3-].[Ti+4]. The van der Waals surface area contributed by atoms with Gasteiger partial charge in [-0.1, -0.05) is 84.1 Å². The van der Waals surface area contributed by atoms with E-state index in [1.165, 1.54) is 11.3 Å². The zero-order chi connectivity index (χ0) is 18.9. The molecule has 3 aliphatic rings. The van der Waals surface area contributed by atoms with E-state index in [0.29, 0.717) is 29.3 Å². The Kier molecular flexibility index (Phi) is 9.70. The van der Waals surface area contributed by atoms with Gasteiger partial charge in [0.1, 0.15) is 0 Å². The van der Waals surface area contributed by atoms with E-state index in [1.807, 2.05) is 0 Å². The molecule has 1 aliphatic heterocycles. The maximum absolute atomic E-state index is 5.46. The van der Waals surface area contributed by atoms with E-state index in [9.17, 15) is 0 Å². The minimum absolute atomic E-state index is 0. The summed E-state index contributed by atoms with van der Waals surface area (Å²) in [6.07, 6.45) is 7.42. The van der Waals surface area contributed by atoms with Gasteiger partial charge in [0.05, 0.1) is 0 Å². The Morgan fingerprint density at radius 1 is 1.00 bits per heavy atom. The normalized spacial score (nSPS) is 28.6. The van der Waals surface area contributed by atoms with Crippen LogP contribution in [0.5, 0.6) is 0 Å². The Bertz CT molecular complexity index is 777. The van der Waals surface area contributed by atoms with Gasteiger partial charge in [-0.3, -0.25) is 0 Å². The van der Waals surface area contributed by atoms with E-state index in [1.54, 1.807) is 5.56 Å². The number of rotatable bonds is 2. The smallest absolute Gasteiger partial charge is 0.660 e. The molecule has 2 aliphatic carbocycles. The summed E-state index contributed by atoms with van der Waals surface area (Å²) in [7, 11) is 0.510. The van der Waals surface area contributed by atoms with Crippen molar-refractivity contribution in [3.8, 4) is 0 Å². The van der Waals surface area contributed by atoms with Crippen LogP contribution in [0, 0.1) is 34.1 Å². The first-order valence-corrected chi connectivity index (χ1v) is 13.0. The van der Waals surface area contributed by atoms with Crippen molar-refractivity contribution in [3.05, 3.63) is 80.9 Å². The molecule has 0 spiro atoms. The molecule has 1 aromatic carbocycles. The molecule has 5 unspecified atom stereocenters. The van der Waals surface area contributed by atoms with Crippen LogP contribution in [0.3, 0.4) is 0 Å². The number of hydrogen-bond acceptors (Lipinski definition) is 1. The molecule has 0 bridgehead atoms. The molecule has 0 amide bonds. The van der Waals surface area contributed by atoms with Crippen LogP contribution in [0.15, 0.2) is 48.1 Å². The van der Waals surface area contributed by atoms with Gasteiger partial charge in [0.15, 0.2) is 0 Å². The standard InChI is InChI=1S/C23H33N2Si.3CH3.Ti/c1-15-12-13-16-18(14-15)22(26(6,7)24-23(2,3)4)21-20(16)17-10-8-9-11-19(17)25(21)5;;;;/h8-14,16,18,20-22H,1-7H3;3*1H3;/q4*-1;+4. The summed E-state index contributed by atoms with van der Waals surface area (Å²) in [4.78, 5) is 8.05. The van der Waals surface area contributed by atoms with Gasteiger partial charge in [0, 0.05) is 24.7 Å². The summed E-state index contributed by atoms with van der Waals surface area (Å²) in [6, 6.07) is 9.65. The van der Waals surface area contributed by atoms with E-state index in [0.717, 1.165) is 0 Å². The number of anilines is 1. The molecule has 1 saturated carbocycles. The summed E-state index contributed by atoms with van der Waals surface area (Å²) in [5, 5.41) is 0. The largest absolute Gasteiger partial charge is 4.00 e. The maximum Gasteiger partial charge on any atom is 4.00 e. The van der Waals surface area contributed by atoms with Crippen molar-refractivity contribution in [2.24, 2.45) is 11.8 Å². The van der Waals surface area contributed by atoms with Crippen molar-refractivity contribution < 1.29 is 21.7 Å². The molecule has 164 valence electrons. The molecule has 5 atom stereocenters. The topological polar surface area (TPSA) is 17.3 Å². The number of allylic oxidation sites excluding steroid dienone is 4. The van der Waals surface area contributed by atoms with Gasteiger partial charge >= 0.3 is 21.7 Å². The van der Waals surface area contributed by atoms with Gasteiger partial charge in [-0.2, -0.15) is 0 Å². The maximum atomic E-state index is 5.46. The van der Waals surface area contributed by atoms with Crippen LogP contribution in [-0.2, 0) is 21.7 Å². The fourth-order valence-electron chi connectivity index (χ4n) is 6.19. The third-order valence-electron chi connectivity index (χ3n) is 6.61. The third kappa shape index (κ3) is 4.75. The summed E-state index contributed by atoms with van der Waals surface area (Å²) >= 11 is 0. The van der Waals surface area contributed by atoms with E-state index < -0.39 is 8.24 Å². The van der Waals surface area contributed by atoms with Crippen molar-refractivity contribution in [2.45, 2.75) is 63.8 Å². The summed E-state index contributed by atoms with van der Waals surface area (Å²) in [6.45, 7) is 14.0. The first-order valence-electron chi connectivity index (χ1n) is 10.0. The van der Waals surface area contributed by atoms with Crippen LogP contribution in [0.1, 0.15) is 39.2 Å². The molecule has 0 saturated heterocycles. The second-order valence-electron chi connectivity index (χ2n) is 10.1. The fraction of sp³-hybridized carbons (Fsp3) is 0.500. The Labute approximate surface area is 203 Å².